The molecule has 0 atom stereocenters. The van der Waals surface area contributed by atoms with Crippen LogP contribution in [0.25, 0.3) is 0 Å². The van der Waals surface area contributed by atoms with Crippen LogP contribution in [0.5, 0.6) is 5.88 Å². The van der Waals surface area contributed by atoms with Gasteiger partial charge in [0.1, 0.15) is 12.1 Å². The van der Waals surface area contributed by atoms with Gasteiger partial charge in [-0.05, 0) is 12.3 Å². The predicted molar refractivity (Wildman–Crippen MR) is 66.3 cm³/mol. The van der Waals surface area contributed by atoms with Gasteiger partial charge in [0, 0.05) is 12.4 Å². The largest absolute Gasteiger partial charge is 0.481 e. The minimum absolute atomic E-state index is 0.0339. The molecule has 90 valence electrons. The molecule has 1 rings (SSSR count). The Bertz CT molecular complexity index is 355. The molecule has 0 amide bonds. The van der Waals surface area contributed by atoms with Gasteiger partial charge in [0.25, 0.3) is 0 Å². The molecule has 1 aromatic rings. The number of hydrogen-bond acceptors (Lipinski definition) is 4. The van der Waals surface area contributed by atoms with Crippen LogP contribution in [0.2, 0.25) is 0 Å². The zero-order valence-electron chi connectivity index (χ0n) is 10.2. The maximum absolute atomic E-state index is 5.86. The van der Waals surface area contributed by atoms with Crippen molar-refractivity contribution in [1.29, 1.82) is 0 Å². The fourth-order valence-corrected chi connectivity index (χ4v) is 1.28. The second kappa shape index (κ2) is 5.34. The molecule has 0 bridgehead atoms. The molecule has 1 N–H and O–H groups in total. The van der Waals surface area contributed by atoms with E-state index in [9.17, 15) is 0 Å². The topological polar surface area (TPSA) is 47.0 Å². The molecular formula is C11H18ClN3O. The van der Waals surface area contributed by atoms with Crippen LogP contribution < -0.4 is 10.1 Å². The highest BCUT2D eigenvalue weighted by Gasteiger charge is 2.17. The van der Waals surface area contributed by atoms with Crippen LogP contribution in [0.3, 0.4) is 0 Å². The third kappa shape index (κ3) is 3.23. The van der Waals surface area contributed by atoms with Crippen LogP contribution in [-0.4, -0.2) is 29.5 Å². The van der Waals surface area contributed by atoms with E-state index in [4.69, 9.17) is 16.3 Å². The number of nitrogens with zero attached hydrogens (tertiary/aromatic N) is 2. The molecular weight excluding hydrogens is 226 g/mol. The fraction of sp³-hybridized carbons (Fsp3) is 0.636. The van der Waals surface area contributed by atoms with Gasteiger partial charge in [-0.3, -0.25) is 0 Å². The van der Waals surface area contributed by atoms with Gasteiger partial charge in [0.15, 0.2) is 0 Å². The van der Waals surface area contributed by atoms with Crippen molar-refractivity contribution in [2.75, 3.05) is 24.9 Å². The Hall–Kier alpha value is -1.03. The van der Waals surface area contributed by atoms with Crippen LogP contribution in [0.15, 0.2) is 6.33 Å². The third-order valence-corrected chi connectivity index (χ3v) is 3.05. The van der Waals surface area contributed by atoms with E-state index in [1.165, 1.54) is 6.33 Å². The first-order valence-electron chi connectivity index (χ1n) is 5.15. The molecule has 0 fully saturated rings. The Kier molecular flexibility index (Phi) is 4.35. The predicted octanol–water partition coefficient (Wildman–Crippen LogP) is 2.47. The molecule has 0 saturated carbocycles. The first kappa shape index (κ1) is 13.0. The van der Waals surface area contributed by atoms with Gasteiger partial charge >= 0.3 is 0 Å². The molecule has 16 heavy (non-hydrogen) atoms. The summed E-state index contributed by atoms with van der Waals surface area (Å²) < 4.78 is 5.13. The number of anilines is 1. The second-order valence-corrected chi connectivity index (χ2v) is 4.78. The van der Waals surface area contributed by atoms with E-state index in [0.717, 1.165) is 17.9 Å². The van der Waals surface area contributed by atoms with Crippen molar-refractivity contribution >= 4 is 17.4 Å². The Labute approximate surface area is 101 Å². The van der Waals surface area contributed by atoms with Crippen LogP contribution in [0.1, 0.15) is 19.4 Å². The van der Waals surface area contributed by atoms with E-state index >= 15 is 0 Å². The van der Waals surface area contributed by atoms with E-state index in [1.54, 1.807) is 7.11 Å². The number of aromatic nitrogens is 2. The summed E-state index contributed by atoms with van der Waals surface area (Å²) in [6, 6.07) is 0. The molecule has 0 aliphatic rings. The van der Waals surface area contributed by atoms with Gasteiger partial charge < -0.3 is 10.1 Å². The molecule has 5 heteroatoms. The molecule has 0 aliphatic heterocycles. The van der Waals surface area contributed by atoms with E-state index in [0.29, 0.717) is 11.8 Å². The van der Waals surface area contributed by atoms with Crippen molar-refractivity contribution in [3.8, 4) is 5.88 Å². The van der Waals surface area contributed by atoms with Gasteiger partial charge in [0.05, 0.1) is 12.7 Å². The standard InChI is InChI=1S/C11H18ClN3O/c1-8-9(13-6-11(2,3)5-12)14-7-15-10(8)16-4/h7H,5-6H2,1-4H3,(H,13,14,15). The molecule has 0 radical (unpaired) electrons. The Balaban J connectivity index is 2.75. The lowest BCUT2D eigenvalue weighted by molar-refractivity contribution is 0.393. The molecule has 0 spiro atoms. The van der Waals surface area contributed by atoms with Crippen molar-refractivity contribution < 1.29 is 4.74 Å². The average Bonchev–Trinajstić information content (AvgIpc) is 2.28. The van der Waals surface area contributed by atoms with Crippen molar-refractivity contribution in [3.63, 3.8) is 0 Å². The second-order valence-electron chi connectivity index (χ2n) is 4.51. The summed E-state index contributed by atoms with van der Waals surface area (Å²) in [5, 5.41) is 3.26. The molecule has 0 unspecified atom stereocenters. The minimum atomic E-state index is 0.0339. The Morgan fingerprint density at radius 2 is 2.12 bits per heavy atom. The summed E-state index contributed by atoms with van der Waals surface area (Å²) in [6.45, 7) is 6.88. The monoisotopic (exact) mass is 243 g/mol. The first-order valence-corrected chi connectivity index (χ1v) is 5.69. The average molecular weight is 244 g/mol. The van der Waals surface area contributed by atoms with Gasteiger partial charge in [-0.15, -0.1) is 11.6 Å². The van der Waals surface area contributed by atoms with Gasteiger partial charge in [-0.2, -0.15) is 0 Å². The number of methoxy groups -OCH3 is 1. The van der Waals surface area contributed by atoms with Gasteiger partial charge in [0.2, 0.25) is 5.88 Å². The van der Waals surface area contributed by atoms with Crippen LogP contribution in [0.4, 0.5) is 5.82 Å². The fourth-order valence-electron chi connectivity index (χ4n) is 1.19. The quantitative estimate of drug-likeness (QED) is 0.808. The Morgan fingerprint density at radius 1 is 1.44 bits per heavy atom. The summed E-state index contributed by atoms with van der Waals surface area (Å²) in [7, 11) is 1.60. The van der Waals surface area contributed by atoms with Gasteiger partial charge in [-0.25, -0.2) is 9.97 Å². The molecule has 1 heterocycles. The summed E-state index contributed by atoms with van der Waals surface area (Å²) in [5.74, 6) is 1.99. The summed E-state index contributed by atoms with van der Waals surface area (Å²) in [4.78, 5) is 8.20. The normalized spacial score (nSPS) is 11.3. The lowest BCUT2D eigenvalue weighted by atomic mass is 9.96. The number of nitrogens with one attached hydrogen (secondary N) is 1. The molecule has 1 aromatic heterocycles. The number of ether oxygens (including phenoxy) is 1. The summed E-state index contributed by atoms with van der Waals surface area (Å²) >= 11 is 5.86. The van der Waals surface area contributed by atoms with Crippen molar-refractivity contribution in [2.24, 2.45) is 5.41 Å². The Morgan fingerprint density at radius 3 is 2.69 bits per heavy atom. The summed E-state index contributed by atoms with van der Waals surface area (Å²) in [5.41, 5.74) is 0.946. The van der Waals surface area contributed by atoms with E-state index < -0.39 is 0 Å². The van der Waals surface area contributed by atoms with Crippen molar-refractivity contribution in [3.05, 3.63) is 11.9 Å². The molecule has 4 nitrogen and oxygen atoms in total. The summed E-state index contributed by atoms with van der Waals surface area (Å²) in [6.07, 6.45) is 1.49. The van der Waals surface area contributed by atoms with Gasteiger partial charge in [-0.1, -0.05) is 13.8 Å². The van der Waals surface area contributed by atoms with Crippen molar-refractivity contribution in [2.45, 2.75) is 20.8 Å². The highest BCUT2D eigenvalue weighted by atomic mass is 35.5. The zero-order valence-corrected chi connectivity index (χ0v) is 10.9. The lowest BCUT2D eigenvalue weighted by Gasteiger charge is -2.22. The first-order chi connectivity index (χ1) is 7.50. The highest BCUT2D eigenvalue weighted by Crippen LogP contribution is 2.22. The smallest absolute Gasteiger partial charge is 0.221 e. The molecule has 0 aliphatic carbocycles. The van der Waals surface area contributed by atoms with E-state index in [1.807, 2.05) is 6.92 Å². The lowest BCUT2D eigenvalue weighted by Crippen LogP contribution is -2.25. The maximum Gasteiger partial charge on any atom is 0.221 e. The van der Waals surface area contributed by atoms with Crippen LogP contribution >= 0.6 is 11.6 Å². The number of hydrogen-bond donors (Lipinski definition) is 1. The number of rotatable bonds is 5. The maximum atomic E-state index is 5.86. The van der Waals surface area contributed by atoms with E-state index in [2.05, 4.69) is 29.1 Å². The third-order valence-electron chi connectivity index (χ3n) is 2.33. The highest BCUT2D eigenvalue weighted by molar-refractivity contribution is 6.18. The number of halogens is 1. The van der Waals surface area contributed by atoms with Crippen LogP contribution in [-0.2, 0) is 0 Å². The van der Waals surface area contributed by atoms with Crippen molar-refractivity contribution in [1.82, 2.24) is 9.97 Å². The molecule has 0 aromatic carbocycles. The minimum Gasteiger partial charge on any atom is -0.481 e. The van der Waals surface area contributed by atoms with Crippen LogP contribution in [0, 0.1) is 12.3 Å². The zero-order chi connectivity index (χ0) is 12.2. The SMILES string of the molecule is COc1ncnc(NCC(C)(C)CCl)c1C. The number of alkyl halides is 1. The molecule has 0 saturated heterocycles. The van der Waals surface area contributed by atoms with E-state index in [-0.39, 0.29) is 5.41 Å².